The minimum absolute atomic E-state index is 0.0247. The molecular formula is C27H27ClF2N6O5. The third-order valence-corrected chi connectivity index (χ3v) is 7.11. The number of halogens is 3. The molecule has 1 fully saturated rings. The van der Waals surface area contributed by atoms with Gasteiger partial charge in [-0.3, -0.25) is 14.4 Å². The molecule has 3 aromatic rings. The Morgan fingerprint density at radius 3 is 2.76 bits per heavy atom. The summed E-state index contributed by atoms with van der Waals surface area (Å²) in [6.07, 6.45) is 0.416. The molecule has 2 aliphatic heterocycles. The lowest BCUT2D eigenvalue weighted by molar-refractivity contribution is -0.0957. The number of amides is 2. The minimum Gasteiger partial charge on any atom is -0.495 e. The Morgan fingerprint density at radius 1 is 1.22 bits per heavy atom. The number of methoxy groups -OCH3 is 1. The second-order valence-corrected chi connectivity index (χ2v) is 9.97. The average Bonchev–Trinajstić information content (AvgIpc) is 3.28. The number of alkyl halides is 1. The number of rotatable bonds is 8. The summed E-state index contributed by atoms with van der Waals surface area (Å²) in [4.78, 5) is 40.8. The van der Waals surface area contributed by atoms with Gasteiger partial charge in [-0.2, -0.15) is 4.98 Å². The first-order valence-electron chi connectivity index (χ1n) is 12.6. The van der Waals surface area contributed by atoms with Crippen molar-refractivity contribution in [2.75, 3.05) is 39.7 Å². The molecule has 2 atom stereocenters. The van der Waals surface area contributed by atoms with Gasteiger partial charge >= 0.3 is 0 Å². The summed E-state index contributed by atoms with van der Waals surface area (Å²) in [6, 6.07) is 6.64. The van der Waals surface area contributed by atoms with E-state index in [1.54, 1.807) is 25.2 Å². The zero-order valence-electron chi connectivity index (χ0n) is 22.4. The van der Waals surface area contributed by atoms with Crippen molar-refractivity contribution in [3.8, 4) is 17.4 Å². The SMILES string of the molecule is COc1cc(C(=O)N[C@H]2CCN(C)C[C@H]2F)c(F)cc1Nc1ncc(Cl)c(Oc2cccc3c2C(=O)N(OC)C3)n1. The van der Waals surface area contributed by atoms with E-state index >= 15 is 4.39 Å². The Balaban J connectivity index is 1.36. The number of nitrogens with zero attached hydrogens (tertiary/aromatic N) is 4. The predicted octanol–water partition coefficient (Wildman–Crippen LogP) is 4.10. The van der Waals surface area contributed by atoms with Crippen LogP contribution < -0.4 is 20.1 Å². The minimum atomic E-state index is -1.27. The zero-order valence-corrected chi connectivity index (χ0v) is 23.2. The largest absolute Gasteiger partial charge is 0.495 e. The van der Waals surface area contributed by atoms with E-state index < -0.39 is 23.9 Å². The molecule has 2 aromatic carbocycles. The van der Waals surface area contributed by atoms with E-state index in [0.717, 1.165) is 6.07 Å². The van der Waals surface area contributed by atoms with Gasteiger partial charge in [0.05, 0.1) is 49.8 Å². The number of likely N-dealkylation sites (tertiary alicyclic amines) is 1. The molecule has 2 amide bonds. The van der Waals surface area contributed by atoms with Gasteiger partial charge < -0.3 is 25.0 Å². The number of anilines is 2. The van der Waals surface area contributed by atoms with Crippen LogP contribution in [0.3, 0.4) is 0 Å². The van der Waals surface area contributed by atoms with Crippen molar-refractivity contribution in [1.29, 1.82) is 0 Å². The molecule has 41 heavy (non-hydrogen) atoms. The third kappa shape index (κ3) is 5.87. The highest BCUT2D eigenvalue weighted by molar-refractivity contribution is 6.31. The molecular weight excluding hydrogens is 562 g/mol. The van der Waals surface area contributed by atoms with Gasteiger partial charge in [0.15, 0.2) is 0 Å². The van der Waals surface area contributed by atoms with Gasteiger partial charge in [-0.15, -0.1) is 0 Å². The highest BCUT2D eigenvalue weighted by Gasteiger charge is 2.32. The molecule has 3 heterocycles. The Kier molecular flexibility index (Phi) is 8.20. The van der Waals surface area contributed by atoms with Crippen LogP contribution in [0.2, 0.25) is 5.02 Å². The van der Waals surface area contributed by atoms with Crippen LogP contribution in [0.1, 0.15) is 32.7 Å². The quantitative estimate of drug-likeness (QED) is 0.401. The van der Waals surface area contributed by atoms with Crippen molar-refractivity contribution in [3.05, 3.63) is 64.1 Å². The zero-order chi connectivity index (χ0) is 29.3. The molecule has 0 spiro atoms. The molecule has 216 valence electrons. The Labute approximate surface area is 239 Å². The highest BCUT2D eigenvalue weighted by Crippen LogP contribution is 2.36. The number of carbonyl (C=O) groups excluding carboxylic acids is 2. The molecule has 2 N–H and O–H groups in total. The summed E-state index contributed by atoms with van der Waals surface area (Å²) in [6.45, 7) is 1.06. The summed E-state index contributed by atoms with van der Waals surface area (Å²) in [5.41, 5.74) is 0.840. The first kappa shape index (κ1) is 28.5. The van der Waals surface area contributed by atoms with Gasteiger partial charge in [0.2, 0.25) is 11.8 Å². The average molecular weight is 589 g/mol. The number of carbonyl (C=O) groups is 2. The van der Waals surface area contributed by atoms with Crippen LogP contribution in [-0.4, -0.2) is 78.3 Å². The number of fused-ring (bicyclic) bond motifs is 1. The number of hydrogen-bond donors (Lipinski definition) is 2. The van der Waals surface area contributed by atoms with E-state index in [4.69, 9.17) is 25.9 Å². The van der Waals surface area contributed by atoms with Crippen LogP contribution in [-0.2, 0) is 11.4 Å². The van der Waals surface area contributed by atoms with Gasteiger partial charge in [0.25, 0.3) is 11.8 Å². The lowest BCUT2D eigenvalue weighted by atomic mass is 10.0. The van der Waals surface area contributed by atoms with Crippen molar-refractivity contribution in [1.82, 2.24) is 25.2 Å². The van der Waals surface area contributed by atoms with E-state index in [1.165, 1.54) is 31.5 Å². The van der Waals surface area contributed by atoms with Gasteiger partial charge in [-0.1, -0.05) is 23.7 Å². The van der Waals surface area contributed by atoms with Gasteiger partial charge in [-0.25, -0.2) is 18.8 Å². The van der Waals surface area contributed by atoms with Crippen LogP contribution in [0.4, 0.5) is 20.4 Å². The third-order valence-electron chi connectivity index (χ3n) is 6.85. The number of aromatic nitrogens is 2. The molecule has 5 rings (SSSR count). The summed E-state index contributed by atoms with van der Waals surface area (Å²) in [5.74, 6) is -1.73. The summed E-state index contributed by atoms with van der Waals surface area (Å²) in [5, 5.41) is 6.68. The Bertz CT molecular complexity index is 1490. The number of piperidine rings is 1. The fraction of sp³-hybridized carbons (Fsp3) is 0.333. The Morgan fingerprint density at radius 2 is 2.02 bits per heavy atom. The normalized spacial score (nSPS) is 18.7. The molecule has 0 aliphatic carbocycles. The molecule has 1 saturated heterocycles. The van der Waals surface area contributed by atoms with E-state index in [-0.39, 0.29) is 58.6 Å². The van der Waals surface area contributed by atoms with E-state index in [1.807, 2.05) is 4.90 Å². The molecule has 1 aromatic heterocycles. The lowest BCUT2D eigenvalue weighted by Crippen LogP contribution is -2.51. The lowest BCUT2D eigenvalue weighted by Gasteiger charge is -2.32. The molecule has 0 unspecified atom stereocenters. The number of hydrogen-bond acceptors (Lipinski definition) is 9. The fourth-order valence-corrected chi connectivity index (χ4v) is 4.83. The van der Waals surface area contributed by atoms with E-state index in [0.29, 0.717) is 24.1 Å². The first-order valence-corrected chi connectivity index (χ1v) is 13.0. The van der Waals surface area contributed by atoms with Gasteiger partial charge in [0, 0.05) is 19.2 Å². The number of ether oxygens (including phenoxy) is 2. The smallest absolute Gasteiger partial charge is 0.281 e. The molecule has 11 nitrogen and oxygen atoms in total. The van der Waals surface area contributed by atoms with Crippen LogP contribution in [0.25, 0.3) is 0 Å². The van der Waals surface area contributed by atoms with Crippen LogP contribution >= 0.6 is 11.6 Å². The maximum absolute atomic E-state index is 15.1. The van der Waals surface area contributed by atoms with Crippen molar-refractivity contribution in [3.63, 3.8) is 0 Å². The predicted molar refractivity (Wildman–Crippen MR) is 145 cm³/mol. The summed E-state index contributed by atoms with van der Waals surface area (Å²) < 4.78 is 40.8. The standard InChI is InChI=1S/C27H27ClF2N6O5/c1-35-8-7-19(18(30)13-35)32-24(37)15-9-22(39-2)20(10-17(15)29)33-27-31-11-16(28)25(34-27)41-21-6-4-5-14-12-36(40-3)26(38)23(14)21/h4-6,9-11,18-19H,7-8,12-13H2,1-3H3,(H,32,37)(H,31,33,34)/t18-,19+/m1/s1. The van der Waals surface area contributed by atoms with E-state index in [2.05, 4.69) is 20.6 Å². The second-order valence-electron chi connectivity index (χ2n) is 9.57. The molecule has 0 radical (unpaired) electrons. The monoisotopic (exact) mass is 588 g/mol. The van der Waals surface area contributed by atoms with Crippen molar-refractivity contribution < 1.29 is 32.7 Å². The number of hydroxylamine groups is 2. The first-order chi connectivity index (χ1) is 19.7. The van der Waals surface area contributed by atoms with Gasteiger partial charge in [0.1, 0.15) is 28.5 Å². The maximum atomic E-state index is 15.1. The Hall–Kier alpha value is -4.07. The fourth-order valence-electron chi connectivity index (χ4n) is 4.70. The molecule has 0 saturated carbocycles. The molecule has 14 heteroatoms. The van der Waals surface area contributed by atoms with Crippen LogP contribution in [0.5, 0.6) is 17.4 Å². The number of benzene rings is 2. The van der Waals surface area contributed by atoms with Crippen LogP contribution in [0, 0.1) is 5.82 Å². The molecule has 0 bridgehead atoms. The summed E-state index contributed by atoms with van der Waals surface area (Å²) in [7, 11) is 4.54. The topological polar surface area (TPSA) is 118 Å². The van der Waals surface area contributed by atoms with Crippen molar-refractivity contribution in [2.24, 2.45) is 0 Å². The van der Waals surface area contributed by atoms with Gasteiger partial charge in [-0.05, 0) is 31.2 Å². The number of nitrogens with one attached hydrogen (secondary N) is 2. The maximum Gasteiger partial charge on any atom is 0.281 e. The second kappa shape index (κ2) is 11.8. The van der Waals surface area contributed by atoms with Crippen molar-refractivity contribution in [2.45, 2.75) is 25.2 Å². The van der Waals surface area contributed by atoms with Crippen LogP contribution in [0.15, 0.2) is 36.5 Å². The van der Waals surface area contributed by atoms with Crippen molar-refractivity contribution >= 4 is 35.1 Å². The molecule has 2 aliphatic rings. The summed E-state index contributed by atoms with van der Waals surface area (Å²) >= 11 is 6.27. The van der Waals surface area contributed by atoms with E-state index in [9.17, 15) is 14.0 Å². The highest BCUT2D eigenvalue weighted by atomic mass is 35.5.